The second-order valence-electron chi connectivity index (χ2n) is 32.3. The molecule has 3 aliphatic carbocycles. The number of benzene rings is 6. The lowest BCUT2D eigenvalue weighted by Crippen LogP contribution is -2.40. The summed E-state index contributed by atoms with van der Waals surface area (Å²) in [6, 6.07) is 39.5. The third kappa shape index (κ3) is 18.0. The van der Waals surface area contributed by atoms with Crippen molar-refractivity contribution in [2.24, 2.45) is 0 Å². The van der Waals surface area contributed by atoms with E-state index in [1.807, 2.05) is 6.92 Å². The Morgan fingerprint density at radius 2 is 0.839 bits per heavy atom. The number of methoxy groups -OCH3 is 4. The summed E-state index contributed by atoms with van der Waals surface area (Å²) in [4.78, 5) is 54.7. The van der Waals surface area contributed by atoms with Gasteiger partial charge in [-0.15, -0.1) is 0 Å². The Morgan fingerprint density at radius 3 is 1.21 bits per heavy atom. The Hall–Kier alpha value is -13.2. The molecule has 6 aromatic heterocycles. The number of halogens is 4. The zero-order valence-corrected chi connectivity index (χ0v) is 70.0. The third-order valence-corrected chi connectivity index (χ3v) is 22.8. The smallest absolute Gasteiger partial charge is 0.253 e. The van der Waals surface area contributed by atoms with Gasteiger partial charge >= 0.3 is 0 Å². The second-order valence-corrected chi connectivity index (χ2v) is 32.3. The molecule has 1 N–H and O–H groups in total. The molecule has 9 heterocycles. The summed E-state index contributed by atoms with van der Waals surface area (Å²) in [6.07, 6.45) is 14.2. The molecular weight excluding hydrogens is 1600 g/mol. The van der Waals surface area contributed by atoms with Gasteiger partial charge in [0.15, 0.2) is 57.8 Å². The van der Waals surface area contributed by atoms with Gasteiger partial charge < -0.3 is 75.7 Å². The van der Waals surface area contributed by atoms with Crippen LogP contribution >= 0.6 is 0 Å². The first-order valence-corrected chi connectivity index (χ1v) is 40.4. The number of aliphatic hydroxyl groups is 1. The van der Waals surface area contributed by atoms with Crippen LogP contribution in [0, 0.1) is 57.3 Å². The number of amides is 3. The number of rotatable bonds is 17. The average molecular weight is 1690 g/mol. The zero-order chi connectivity index (χ0) is 87.8. The lowest BCUT2D eigenvalue weighted by atomic mass is 10.0. The Balaban J connectivity index is 0.000000137. The van der Waals surface area contributed by atoms with E-state index in [0.29, 0.717) is 161 Å². The number of furan rings is 3. The highest BCUT2D eigenvalue weighted by atomic mass is 19.2. The zero-order valence-electron chi connectivity index (χ0n) is 70.0. The predicted octanol–water partition coefficient (Wildman–Crippen LogP) is 18.0. The van der Waals surface area contributed by atoms with E-state index in [1.54, 1.807) is 171 Å². The van der Waals surface area contributed by atoms with E-state index in [9.17, 15) is 38.8 Å². The Kier molecular flexibility index (Phi) is 24.4. The van der Waals surface area contributed by atoms with Crippen molar-refractivity contribution in [2.45, 2.75) is 131 Å². The predicted molar refractivity (Wildman–Crippen MR) is 449 cm³/mol. The van der Waals surface area contributed by atoms with Crippen molar-refractivity contribution >= 4 is 51.0 Å². The van der Waals surface area contributed by atoms with Crippen LogP contribution in [0.15, 0.2) is 159 Å². The number of aliphatic hydroxyl groups excluding tert-OH is 1. The Labute approximate surface area is 711 Å². The van der Waals surface area contributed by atoms with Crippen LogP contribution in [0.1, 0.15) is 132 Å². The summed E-state index contributed by atoms with van der Waals surface area (Å²) in [7, 11) is 16.1. The number of nitrogens with zero attached hydrogens (tertiary/aromatic N) is 9. The van der Waals surface area contributed by atoms with E-state index in [2.05, 4.69) is 27.1 Å². The molecule has 3 saturated heterocycles. The number of fused-ring (bicyclic) bond motifs is 3. The van der Waals surface area contributed by atoms with E-state index < -0.39 is 35.1 Å². The van der Waals surface area contributed by atoms with Gasteiger partial charge in [0.2, 0.25) is 0 Å². The van der Waals surface area contributed by atoms with Crippen molar-refractivity contribution in [2.75, 3.05) is 77.3 Å². The summed E-state index contributed by atoms with van der Waals surface area (Å²) in [5.41, 5.74) is 8.36. The van der Waals surface area contributed by atoms with Crippen molar-refractivity contribution in [3.05, 3.63) is 203 Å². The van der Waals surface area contributed by atoms with Crippen LogP contribution in [-0.2, 0) is 18.9 Å². The van der Waals surface area contributed by atoms with Crippen LogP contribution in [0.25, 0.3) is 101 Å². The van der Waals surface area contributed by atoms with Crippen LogP contribution in [0.4, 0.5) is 17.6 Å². The molecule has 124 heavy (non-hydrogen) atoms. The molecule has 12 aromatic rings. The fourth-order valence-corrected chi connectivity index (χ4v) is 16.1. The number of nitriles is 3. The normalized spacial score (nSPS) is 18.3. The molecule has 0 bridgehead atoms. The summed E-state index contributed by atoms with van der Waals surface area (Å²) in [6.45, 7) is 2.62. The lowest BCUT2D eigenvalue weighted by Gasteiger charge is -2.35. The first kappa shape index (κ1) is 85.8. The van der Waals surface area contributed by atoms with Crippen LogP contribution in [0.5, 0.6) is 28.7 Å². The van der Waals surface area contributed by atoms with Crippen LogP contribution in [0.2, 0.25) is 0 Å². The highest BCUT2D eigenvalue weighted by molar-refractivity contribution is 6.00. The first-order chi connectivity index (χ1) is 59.6. The fraction of sp³-hybridized carbons (Fsp3) is 0.337. The van der Waals surface area contributed by atoms with Gasteiger partial charge in [-0.2, -0.15) is 15.8 Å². The minimum absolute atomic E-state index is 0.0310. The molecule has 18 rings (SSSR count). The average Bonchev–Trinajstić information content (AvgIpc) is 1.60. The van der Waals surface area contributed by atoms with E-state index in [1.165, 1.54) is 60.4 Å². The summed E-state index contributed by atoms with van der Waals surface area (Å²) < 4.78 is 129. The van der Waals surface area contributed by atoms with E-state index in [-0.39, 0.29) is 87.1 Å². The number of carbonyl (C=O) groups is 3. The topological polar surface area (TPSA) is 314 Å². The van der Waals surface area contributed by atoms with Gasteiger partial charge in [-0.25, -0.2) is 17.6 Å². The molecule has 6 aliphatic rings. The number of carbonyl (C=O) groups excluding carboxylic acids is 3. The number of hydrogen-bond donors (Lipinski definition) is 1. The molecule has 29 heteroatoms. The van der Waals surface area contributed by atoms with Gasteiger partial charge in [0.05, 0.1) is 90.3 Å². The number of aromatic nitrogens is 3. The van der Waals surface area contributed by atoms with Crippen LogP contribution in [0.3, 0.4) is 0 Å². The van der Waals surface area contributed by atoms with Crippen LogP contribution < -0.4 is 23.7 Å². The molecule has 6 fully saturated rings. The van der Waals surface area contributed by atoms with Gasteiger partial charge in [0, 0.05) is 152 Å². The standard InChI is InChI=1S/C32H30FN3O6.C31H28FN3O5.C24H17F2N3O3.C8H14O2/c1-36(2)31(37)18-5-6-23(26(13-18)38-3)27-15-25-30(41-27)22(7-10-35-25)19-11-20(17-34)29(24(33)12-19)40-21-14-28(39-4)42-32(16-21)8-9-32;1-35(2)30(36)18-4-5-23(26(14-18)37-3)27-15-25-29(40-27)22(6-10-34-25)19-12-20(17-33)28(24(32)13-19)39-21-7-11-38-31(16-21)8-9-31;1-29(2)24(30)13-4-5-17(20(10-13)31-3)21-11-19-23(32-21)16(6-7-28-19)14-8-15(12-27)22(26)18(25)9-14;1-6-4-7(9)5-8(10-6)2-3-8/h5-7,10-13,15,21,28H,8-9,14,16H2,1-4H3;4-6,10,12-15,21H,7-9,11,16H2,1-3H3;4-11H,1-3H3;6-7,9H,2-5H2,1H3. The van der Waals surface area contributed by atoms with Crippen LogP contribution in [-0.4, -0.2) is 177 Å². The molecule has 25 nitrogen and oxygen atoms in total. The molecule has 5 unspecified atom stereocenters. The van der Waals surface area contributed by atoms with Gasteiger partial charge in [-0.1, -0.05) is 0 Å². The minimum atomic E-state index is -1.20. The highest BCUT2D eigenvalue weighted by Gasteiger charge is 2.53. The monoisotopic (exact) mass is 1690 g/mol. The summed E-state index contributed by atoms with van der Waals surface area (Å²) >= 11 is 0. The van der Waals surface area contributed by atoms with Gasteiger partial charge in [-0.05, 0) is 178 Å². The van der Waals surface area contributed by atoms with E-state index >= 15 is 8.78 Å². The molecular formula is C95H89F4N9O16. The molecule has 6 aromatic carbocycles. The van der Waals surface area contributed by atoms with Gasteiger partial charge in [0.1, 0.15) is 81.5 Å². The number of pyridine rings is 3. The molecule has 3 spiro atoms. The molecule has 5 atom stereocenters. The van der Waals surface area contributed by atoms with E-state index in [4.69, 9.17) is 61.1 Å². The van der Waals surface area contributed by atoms with Crippen molar-refractivity contribution in [3.8, 4) is 114 Å². The van der Waals surface area contributed by atoms with Gasteiger partial charge in [0.25, 0.3) is 17.7 Å². The molecule has 638 valence electrons. The molecule has 3 aliphatic heterocycles. The Morgan fingerprint density at radius 1 is 0.460 bits per heavy atom. The quantitative estimate of drug-likeness (QED) is 0.0828. The number of hydrogen-bond acceptors (Lipinski definition) is 22. The second kappa shape index (κ2) is 35.3. The number of ether oxygens (including phenoxy) is 9. The highest BCUT2D eigenvalue weighted by Crippen LogP contribution is 2.52. The summed E-state index contributed by atoms with van der Waals surface area (Å²) in [5.74, 6) is -1.44. The maximum atomic E-state index is 15.6. The summed E-state index contributed by atoms with van der Waals surface area (Å²) in [5, 5.41) is 38.3. The first-order valence-electron chi connectivity index (χ1n) is 40.4. The third-order valence-electron chi connectivity index (χ3n) is 22.8. The molecule has 0 radical (unpaired) electrons. The molecule has 3 saturated carbocycles. The van der Waals surface area contributed by atoms with Gasteiger partial charge in [-0.3, -0.25) is 29.3 Å². The maximum absolute atomic E-state index is 15.6. The molecule has 3 amide bonds. The largest absolute Gasteiger partial charge is 0.496 e. The SMILES string of the molecule is CC1CC(O)CC2(CC2)O1.COc1cc(C(=O)N(C)C)ccc1-c1cc2nccc(-c3cc(F)c(F)c(C#N)c3)c2o1.COc1cc(C(=O)N(C)C)ccc1-c1cc2nccc(-c3cc(F)c(OC4CC(OC)OC5(CC5)C4)c(C#N)c3)c2o1.COc1cc(C(=O)N(C)C)ccc1-c1cc2nccc(-c3cc(F)c(OC4CCOC5(CC5)C4)c(C#N)c3)c2o1. The van der Waals surface area contributed by atoms with Crippen molar-refractivity contribution in [3.63, 3.8) is 0 Å². The van der Waals surface area contributed by atoms with Crippen molar-refractivity contribution in [1.82, 2.24) is 29.7 Å². The lowest BCUT2D eigenvalue weighted by molar-refractivity contribution is -0.211. The fourth-order valence-electron chi connectivity index (χ4n) is 16.1. The Bertz CT molecular complexity index is 6250. The van der Waals surface area contributed by atoms with Crippen molar-refractivity contribution in [1.29, 1.82) is 15.8 Å². The van der Waals surface area contributed by atoms with Crippen molar-refractivity contribution < 1.29 is 92.9 Å². The minimum Gasteiger partial charge on any atom is -0.496 e. The van der Waals surface area contributed by atoms with E-state index in [0.717, 1.165) is 57.4 Å². The maximum Gasteiger partial charge on any atom is 0.253 e.